The Kier molecular flexibility index (Phi) is 7.90. The van der Waals surface area contributed by atoms with Crippen molar-refractivity contribution in [3.8, 4) is 0 Å². The number of amides is 3. The number of nitrogens with zero attached hydrogens (tertiary/aromatic N) is 3. The fourth-order valence-electron chi connectivity index (χ4n) is 6.71. The number of carbonyl (C=O) groups is 3. The second-order valence-electron chi connectivity index (χ2n) is 10.5. The van der Waals surface area contributed by atoms with Gasteiger partial charge in [0.1, 0.15) is 11.6 Å². The fraction of sp³-hybridized carbons (Fsp3) is 0.552. The zero-order valence-electron chi connectivity index (χ0n) is 22.0. The minimum Gasteiger partial charge on any atom is -0.395 e. The molecule has 3 fully saturated rings. The van der Waals surface area contributed by atoms with Crippen molar-refractivity contribution in [3.63, 3.8) is 0 Å². The summed E-state index contributed by atoms with van der Waals surface area (Å²) in [6.45, 7) is 12.8. The molecule has 2 bridgehead atoms. The first kappa shape index (κ1) is 27.1. The number of carbonyl (C=O) groups excluding carboxylic acids is 3. The van der Waals surface area contributed by atoms with Crippen LogP contribution in [0.3, 0.4) is 0 Å². The summed E-state index contributed by atoms with van der Waals surface area (Å²) in [6.07, 6.45) is 5.23. The van der Waals surface area contributed by atoms with Gasteiger partial charge in [-0.1, -0.05) is 49.4 Å². The zero-order valence-corrected chi connectivity index (χ0v) is 22.0. The molecule has 8 heteroatoms. The maximum absolute atomic E-state index is 14.2. The zero-order chi connectivity index (χ0) is 26.8. The van der Waals surface area contributed by atoms with E-state index < -0.39 is 29.1 Å². The number of β-amino-alcohol motifs (C(OH)–C–C–N with tert-alkyl or cyclic N) is 1. The Morgan fingerprint density at radius 1 is 1.14 bits per heavy atom. The molecule has 0 aromatic heterocycles. The number of likely N-dealkylation sites (tertiary alicyclic amines) is 1. The van der Waals surface area contributed by atoms with E-state index in [9.17, 15) is 19.5 Å². The van der Waals surface area contributed by atoms with Crippen molar-refractivity contribution >= 4 is 17.7 Å². The highest BCUT2D eigenvalue weighted by atomic mass is 16.5. The van der Waals surface area contributed by atoms with E-state index in [0.29, 0.717) is 39.0 Å². The summed E-state index contributed by atoms with van der Waals surface area (Å²) in [5, 5.41) is 9.84. The average molecular weight is 510 g/mol. The molecule has 3 amide bonds. The molecule has 3 heterocycles. The topological polar surface area (TPSA) is 90.4 Å². The Bertz CT molecular complexity index is 1050. The molecule has 200 valence electrons. The highest BCUT2D eigenvalue weighted by molar-refractivity contribution is 5.99. The molecule has 4 rings (SSSR count). The first-order chi connectivity index (χ1) is 17.8. The van der Waals surface area contributed by atoms with Crippen molar-refractivity contribution in [2.24, 2.45) is 11.8 Å². The lowest BCUT2D eigenvalue weighted by Crippen LogP contribution is -2.56. The van der Waals surface area contributed by atoms with Gasteiger partial charge in [-0.05, 0) is 31.7 Å². The van der Waals surface area contributed by atoms with Crippen LogP contribution >= 0.6 is 0 Å². The monoisotopic (exact) mass is 509 g/mol. The normalized spacial score (nSPS) is 29.8. The van der Waals surface area contributed by atoms with Crippen LogP contribution in [0.5, 0.6) is 0 Å². The lowest BCUT2D eigenvalue weighted by Gasteiger charge is -2.36. The molecule has 1 N–H and O–H groups in total. The van der Waals surface area contributed by atoms with E-state index in [1.165, 1.54) is 4.90 Å². The predicted molar refractivity (Wildman–Crippen MR) is 140 cm³/mol. The third-order valence-corrected chi connectivity index (χ3v) is 8.15. The number of benzene rings is 1. The lowest BCUT2D eigenvalue weighted by molar-refractivity contribution is -0.154. The van der Waals surface area contributed by atoms with Gasteiger partial charge in [-0.3, -0.25) is 14.4 Å². The molecular formula is C29H39N3O5. The average Bonchev–Trinajstić information content (AvgIpc) is 3.45. The molecule has 2 unspecified atom stereocenters. The molecule has 0 radical (unpaired) electrons. The third kappa shape index (κ3) is 4.50. The van der Waals surface area contributed by atoms with Gasteiger partial charge in [-0.2, -0.15) is 0 Å². The molecule has 0 saturated carbocycles. The molecule has 8 nitrogen and oxygen atoms in total. The number of aliphatic hydroxyl groups excluding tert-OH is 1. The van der Waals surface area contributed by atoms with Crippen LogP contribution in [0.2, 0.25) is 0 Å². The summed E-state index contributed by atoms with van der Waals surface area (Å²) in [5.74, 6) is -2.13. The Hall–Kier alpha value is -2.97. The van der Waals surface area contributed by atoms with E-state index in [-0.39, 0.29) is 30.9 Å². The van der Waals surface area contributed by atoms with Gasteiger partial charge >= 0.3 is 0 Å². The SMILES string of the molecule is C=CCN(Cc1ccccc1)C(=O)C1N(CCO)C(=O)[C@@H]2[C@@H](C(=O)N(CC=C)CCC)[C@@]3(C)CCC12O3. The van der Waals surface area contributed by atoms with Crippen molar-refractivity contribution in [1.82, 2.24) is 14.7 Å². The Morgan fingerprint density at radius 2 is 1.81 bits per heavy atom. The predicted octanol–water partition coefficient (Wildman–Crippen LogP) is 2.38. The smallest absolute Gasteiger partial charge is 0.248 e. The van der Waals surface area contributed by atoms with Gasteiger partial charge in [0.15, 0.2) is 0 Å². The summed E-state index contributed by atoms with van der Waals surface area (Å²) in [7, 11) is 0. The van der Waals surface area contributed by atoms with Gasteiger partial charge in [-0.25, -0.2) is 0 Å². The maximum atomic E-state index is 14.2. The highest BCUT2D eigenvalue weighted by Crippen LogP contribution is 2.63. The molecule has 3 aliphatic heterocycles. The van der Waals surface area contributed by atoms with E-state index in [4.69, 9.17) is 4.74 Å². The highest BCUT2D eigenvalue weighted by Gasteiger charge is 2.78. The maximum Gasteiger partial charge on any atom is 0.248 e. The van der Waals surface area contributed by atoms with Crippen LogP contribution in [0.25, 0.3) is 0 Å². The molecule has 5 atom stereocenters. The van der Waals surface area contributed by atoms with E-state index in [2.05, 4.69) is 13.2 Å². The Balaban J connectivity index is 1.73. The van der Waals surface area contributed by atoms with Gasteiger partial charge < -0.3 is 24.5 Å². The quantitative estimate of drug-likeness (QED) is 0.437. The minimum absolute atomic E-state index is 0.00702. The van der Waals surface area contributed by atoms with Gasteiger partial charge in [0.05, 0.1) is 24.0 Å². The molecule has 0 aliphatic carbocycles. The summed E-state index contributed by atoms with van der Waals surface area (Å²) < 4.78 is 6.68. The Morgan fingerprint density at radius 3 is 2.43 bits per heavy atom. The summed E-state index contributed by atoms with van der Waals surface area (Å²) in [5.41, 5.74) is -0.987. The van der Waals surface area contributed by atoms with Crippen molar-refractivity contribution in [3.05, 3.63) is 61.2 Å². The molecule has 1 aromatic rings. The van der Waals surface area contributed by atoms with Crippen LogP contribution in [0.4, 0.5) is 0 Å². The van der Waals surface area contributed by atoms with Crippen molar-refractivity contribution in [1.29, 1.82) is 0 Å². The molecular weight excluding hydrogens is 470 g/mol. The third-order valence-electron chi connectivity index (χ3n) is 8.15. The van der Waals surface area contributed by atoms with Crippen molar-refractivity contribution in [2.45, 2.75) is 56.9 Å². The van der Waals surface area contributed by atoms with Gasteiger partial charge in [0, 0.05) is 32.7 Å². The van der Waals surface area contributed by atoms with Crippen molar-refractivity contribution in [2.75, 3.05) is 32.8 Å². The number of fused-ring (bicyclic) bond motifs is 1. The van der Waals surface area contributed by atoms with E-state index >= 15 is 0 Å². The molecule has 1 spiro atoms. The standard InChI is InChI=1S/C29H39N3O5/c1-5-15-30(16-6-2)25(34)22-23-26(35)32(18-19-33)24(29(23)14-13-28(22,4)37-29)27(36)31(17-7-3)20-21-11-9-8-10-12-21/h5,7-12,22-24,33H,1,3,6,13-20H2,2,4H3/t22-,23-,24?,28+,29?/m0/s1. The second-order valence-corrected chi connectivity index (χ2v) is 10.5. The van der Waals surface area contributed by atoms with Crippen LogP contribution < -0.4 is 0 Å². The first-order valence-corrected chi connectivity index (χ1v) is 13.2. The van der Waals surface area contributed by atoms with Crippen LogP contribution in [0, 0.1) is 11.8 Å². The van der Waals surface area contributed by atoms with Crippen molar-refractivity contribution < 1.29 is 24.2 Å². The van der Waals surface area contributed by atoms with Crippen LogP contribution in [0.15, 0.2) is 55.6 Å². The van der Waals surface area contributed by atoms with E-state index in [0.717, 1.165) is 12.0 Å². The molecule has 3 saturated heterocycles. The number of aliphatic hydroxyl groups is 1. The van der Waals surface area contributed by atoms with E-state index in [1.54, 1.807) is 22.0 Å². The summed E-state index contributed by atoms with van der Waals surface area (Å²) in [4.78, 5) is 47.0. The van der Waals surface area contributed by atoms with Gasteiger partial charge in [0.2, 0.25) is 17.7 Å². The van der Waals surface area contributed by atoms with Crippen LogP contribution in [-0.4, -0.2) is 87.6 Å². The fourth-order valence-corrected chi connectivity index (χ4v) is 6.71. The number of rotatable bonds is 12. The lowest BCUT2D eigenvalue weighted by atomic mass is 9.66. The number of hydrogen-bond donors (Lipinski definition) is 1. The molecule has 37 heavy (non-hydrogen) atoms. The molecule has 1 aromatic carbocycles. The number of hydrogen-bond acceptors (Lipinski definition) is 5. The summed E-state index contributed by atoms with van der Waals surface area (Å²) in [6, 6.07) is 8.74. The first-order valence-electron chi connectivity index (χ1n) is 13.2. The molecule has 3 aliphatic rings. The second kappa shape index (κ2) is 10.8. The van der Waals surface area contributed by atoms with Crippen LogP contribution in [0.1, 0.15) is 38.7 Å². The summed E-state index contributed by atoms with van der Waals surface area (Å²) >= 11 is 0. The van der Waals surface area contributed by atoms with Gasteiger partial charge in [-0.15, -0.1) is 13.2 Å². The largest absolute Gasteiger partial charge is 0.395 e. The van der Waals surface area contributed by atoms with Gasteiger partial charge in [0.25, 0.3) is 0 Å². The van der Waals surface area contributed by atoms with E-state index in [1.807, 2.05) is 44.2 Å². The number of ether oxygens (including phenoxy) is 1. The van der Waals surface area contributed by atoms with Crippen LogP contribution in [-0.2, 0) is 25.7 Å². The Labute approximate surface area is 219 Å². The minimum atomic E-state index is -1.11.